The first-order valence-corrected chi connectivity index (χ1v) is 8.14. The molecule has 0 spiro atoms. The number of nitrogens with zero attached hydrogens (tertiary/aromatic N) is 1. The highest BCUT2D eigenvalue weighted by molar-refractivity contribution is 7.07. The van der Waals surface area contributed by atoms with Crippen LogP contribution < -0.4 is 14.8 Å². The van der Waals surface area contributed by atoms with Crippen molar-refractivity contribution in [2.75, 3.05) is 27.4 Å². The summed E-state index contributed by atoms with van der Waals surface area (Å²) >= 11 is 1.52. The van der Waals surface area contributed by atoms with E-state index in [1.54, 1.807) is 37.9 Å². The summed E-state index contributed by atoms with van der Waals surface area (Å²) in [5, 5.41) is 4.76. The maximum Gasteiger partial charge on any atom is 0.251 e. The van der Waals surface area contributed by atoms with Gasteiger partial charge in [0.05, 0.1) is 18.3 Å². The van der Waals surface area contributed by atoms with Crippen molar-refractivity contribution in [1.82, 2.24) is 10.3 Å². The van der Waals surface area contributed by atoms with E-state index < -0.39 is 0 Å². The highest BCUT2D eigenvalue weighted by Crippen LogP contribution is 2.28. The van der Waals surface area contributed by atoms with Crippen molar-refractivity contribution in [1.29, 1.82) is 0 Å². The average molecular weight is 336 g/mol. The summed E-state index contributed by atoms with van der Waals surface area (Å²) in [7, 11) is 3.18. The molecule has 23 heavy (non-hydrogen) atoms. The van der Waals surface area contributed by atoms with Crippen molar-refractivity contribution >= 4 is 17.2 Å². The first kappa shape index (κ1) is 17.2. The number of ether oxygens (including phenoxy) is 3. The molecule has 0 saturated heterocycles. The minimum absolute atomic E-state index is 0.148. The van der Waals surface area contributed by atoms with Gasteiger partial charge in [-0.05, 0) is 24.6 Å². The Bertz CT molecular complexity index is 617. The van der Waals surface area contributed by atoms with E-state index in [0.717, 1.165) is 12.1 Å². The lowest BCUT2D eigenvalue weighted by molar-refractivity contribution is 0.0948. The normalized spacial score (nSPS) is 10.3. The molecule has 0 aliphatic rings. The van der Waals surface area contributed by atoms with Crippen LogP contribution >= 0.6 is 11.3 Å². The van der Waals surface area contributed by atoms with Gasteiger partial charge in [0, 0.05) is 31.2 Å². The Hall–Kier alpha value is -2.12. The zero-order valence-corrected chi connectivity index (χ0v) is 14.0. The first-order chi connectivity index (χ1) is 11.2. The van der Waals surface area contributed by atoms with E-state index in [-0.39, 0.29) is 5.91 Å². The number of amides is 1. The second-order valence-corrected chi connectivity index (χ2v) is 5.46. The summed E-state index contributed by atoms with van der Waals surface area (Å²) in [5.41, 5.74) is 3.14. The van der Waals surface area contributed by atoms with Crippen molar-refractivity contribution < 1.29 is 19.0 Å². The summed E-state index contributed by atoms with van der Waals surface area (Å²) < 4.78 is 15.9. The van der Waals surface area contributed by atoms with Gasteiger partial charge in [-0.2, -0.15) is 0 Å². The van der Waals surface area contributed by atoms with Gasteiger partial charge >= 0.3 is 0 Å². The topological polar surface area (TPSA) is 69.7 Å². The van der Waals surface area contributed by atoms with E-state index in [4.69, 9.17) is 14.2 Å². The van der Waals surface area contributed by atoms with Crippen molar-refractivity contribution in [2.45, 2.75) is 13.0 Å². The number of benzene rings is 1. The van der Waals surface area contributed by atoms with E-state index >= 15 is 0 Å². The average Bonchev–Trinajstić information content (AvgIpc) is 3.10. The first-order valence-electron chi connectivity index (χ1n) is 7.19. The molecule has 1 aromatic carbocycles. The Morgan fingerprint density at radius 3 is 2.87 bits per heavy atom. The molecule has 1 N–H and O–H groups in total. The third-order valence-electron chi connectivity index (χ3n) is 3.10. The predicted octanol–water partition coefficient (Wildman–Crippen LogP) is 2.50. The molecule has 0 bridgehead atoms. The second kappa shape index (κ2) is 9.12. The quantitative estimate of drug-likeness (QED) is 0.713. The number of carbonyl (C=O) groups excluding carboxylic acids is 1. The largest absolute Gasteiger partial charge is 0.493 e. The number of carbonyl (C=O) groups is 1. The van der Waals surface area contributed by atoms with Crippen molar-refractivity contribution in [3.63, 3.8) is 0 Å². The lowest BCUT2D eigenvalue weighted by Crippen LogP contribution is -2.25. The van der Waals surface area contributed by atoms with Gasteiger partial charge in [-0.15, -0.1) is 11.3 Å². The summed E-state index contributed by atoms with van der Waals surface area (Å²) in [6, 6.07) is 5.11. The monoisotopic (exact) mass is 336 g/mol. The fourth-order valence-electron chi connectivity index (χ4n) is 1.91. The fraction of sp³-hybridized carbons (Fsp3) is 0.375. The summed E-state index contributed by atoms with van der Waals surface area (Å²) in [5.74, 6) is 0.951. The lowest BCUT2D eigenvalue weighted by atomic mass is 10.2. The maximum atomic E-state index is 12.1. The van der Waals surface area contributed by atoms with Crippen LogP contribution in [0.15, 0.2) is 29.1 Å². The summed E-state index contributed by atoms with van der Waals surface area (Å²) in [4.78, 5) is 16.2. The standard InChI is InChI=1S/C16H20N2O4S/c1-20-7-3-6-17-16(19)12-4-5-14(15(8-12)21-2)22-9-13-10-23-11-18-13/h4-5,8,10-11H,3,6-7,9H2,1-2H3,(H,17,19). The number of hydrogen-bond acceptors (Lipinski definition) is 6. The smallest absolute Gasteiger partial charge is 0.251 e. The van der Waals surface area contributed by atoms with Crippen LogP contribution in [0.2, 0.25) is 0 Å². The molecule has 0 aliphatic carbocycles. The molecule has 0 unspecified atom stereocenters. The number of methoxy groups -OCH3 is 2. The van der Waals surface area contributed by atoms with Crippen LogP contribution in [0.3, 0.4) is 0 Å². The van der Waals surface area contributed by atoms with Gasteiger partial charge in [0.25, 0.3) is 5.91 Å². The molecule has 2 rings (SSSR count). The Balaban J connectivity index is 1.96. The Morgan fingerprint density at radius 1 is 1.30 bits per heavy atom. The summed E-state index contributed by atoms with van der Waals surface area (Å²) in [6.45, 7) is 1.55. The molecule has 1 aromatic heterocycles. The van der Waals surface area contributed by atoms with E-state index in [9.17, 15) is 4.79 Å². The van der Waals surface area contributed by atoms with Crippen molar-refractivity contribution in [2.24, 2.45) is 0 Å². The molecule has 0 atom stereocenters. The van der Waals surface area contributed by atoms with Gasteiger partial charge in [0.15, 0.2) is 11.5 Å². The van der Waals surface area contributed by atoms with Gasteiger partial charge in [-0.3, -0.25) is 4.79 Å². The van der Waals surface area contributed by atoms with Gasteiger partial charge in [0.2, 0.25) is 0 Å². The molecule has 0 aliphatic heterocycles. The predicted molar refractivity (Wildman–Crippen MR) is 88.3 cm³/mol. The van der Waals surface area contributed by atoms with Crippen LogP contribution in [-0.2, 0) is 11.3 Å². The van der Waals surface area contributed by atoms with Crippen LogP contribution in [0.5, 0.6) is 11.5 Å². The maximum absolute atomic E-state index is 12.1. The number of nitrogens with one attached hydrogen (secondary N) is 1. The van der Waals surface area contributed by atoms with Gasteiger partial charge in [-0.25, -0.2) is 4.98 Å². The molecule has 1 heterocycles. The molecule has 1 amide bonds. The van der Waals surface area contributed by atoms with Crippen LogP contribution in [0.1, 0.15) is 22.5 Å². The molecular formula is C16H20N2O4S. The van der Waals surface area contributed by atoms with Gasteiger partial charge in [0.1, 0.15) is 6.61 Å². The zero-order chi connectivity index (χ0) is 16.5. The Kier molecular flexibility index (Phi) is 6.83. The number of hydrogen-bond donors (Lipinski definition) is 1. The fourth-order valence-corrected chi connectivity index (χ4v) is 2.45. The van der Waals surface area contributed by atoms with Gasteiger partial charge in [-0.1, -0.05) is 0 Å². The Labute approximate surface area is 139 Å². The number of aromatic nitrogens is 1. The third kappa shape index (κ3) is 5.22. The molecule has 0 fully saturated rings. The van der Waals surface area contributed by atoms with Crippen LogP contribution in [-0.4, -0.2) is 38.3 Å². The lowest BCUT2D eigenvalue weighted by Gasteiger charge is -2.11. The van der Waals surface area contributed by atoms with E-state index in [1.165, 1.54) is 11.3 Å². The minimum Gasteiger partial charge on any atom is -0.493 e. The molecule has 0 radical (unpaired) electrons. The number of thiazole rings is 1. The van der Waals surface area contributed by atoms with Crippen molar-refractivity contribution in [3.05, 3.63) is 40.3 Å². The molecule has 124 valence electrons. The molecule has 6 nitrogen and oxygen atoms in total. The summed E-state index contributed by atoms with van der Waals surface area (Å²) in [6.07, 6.45) is 0.772. The SMILES string of the molecule is COCCCNC(=O)c1ccc(OCc2cscn2)c(OC)c1. The molecule has 2 aromatic rings. The molecule has 7 heteroatoms. The second-order valence-electron chi connectivity index (χ2n) is 4.74. The number of rotatable bonds is 9. The van der Waals surface area contributed by atoms with Crippen LogP contribution in [0.4, 0.5) is 0 Å². The van der Waals surface area contributed by atoms with E-state index in [0.29, 0.717) is 36.8 Å². The van der Waals surface area contributed by atoms with Crippen molar-refractivity contribution in [3.8, 4) is 11.5 Å². The molecular weight excluding hydrogens is 316 g/mol. The molecule has 0 saturated carbocycles. The van der Waals surface area contributed by atoms with E-state index in [2.05, 4.69) is 10.3 Å². The third-order valence-corrected chi connectivity index (χ3v) is 3.73. The minimum atomic E-state index is -0.148. The highest BCUT2D eigenvalue weighted by Gasteiger charge is 2.11. The van der Waals surface area contributed by atoms with Gasteiger partial charge < -0.3 is 19.5 Å². The van der Waals surface area contributed by atoms with Crippen LogP contribution in [0.25, 0.3) is 0 Å². The Morgan fingerprint density at radius 2 is 2.17 bits per heavy atom. The highest BCUT2D eigenvalue weighted by atomic mass is 32.1. The zero-order valence-electron chi connectivity index (χ0n) is 13.2. The van der Waals surface area contributed by atoms with Crippen LogP contribution in [0, 0.1) is 0 Å². The van der Waals surface area contributed by atoms with E-state index in [1.807, 2.05) is 5.38 Å².